The lowest BCUT2D eigenvalue weighted by Gasteiger charge is -2.22. The molecule has 1 atom stereocenters. The van der Waals surface area contributed by atoms with Crippen LogP contribution in [0.2, 0.25) is 0 Å². The molecule has 1 N–H and O–H groups in total. The van der Waals surface area contributed by atoms with Crippen LogP contribution in [-0.4, -0.2) is 12.3 Å². The summed E-state index contributed by atoms with van der Waals surface area (Å²) in [4.78, 5) is 1.34. The van der Waals surface area contributed by atoms with Crippen LogP contribution in [0.3, 0.4) is 0 Å². The molecule has 0 aliphatic rings. The van der Waals surface area contributed by atoms with Crippen molar-refractivity contribution in [3.05, 3.63) is 64.7 Å². The van der Waals surface area contributed by atoms with Crippen LogP contribution in [-0.2, 0) is 0 Å². The zero-order chi connectivity index (χ0) is 15.2. The Morgan fingerprint density at radius 2 is 1.71 bits per heavy atom. The normalized spacial score (nSPS) is 12.4. The third-order valence-electron chi connectivity index (χ3n) is 3.89. The second kappa shape index (κ2) is 7.67. The van der Waals surface area contributed by atoms with Gasteiger partial charge in [-0.25, -0.2) is 0 Å². The highest BCUT2D eigenvalue weighted by molar-refractivity contribution is 7.99. The zero-order valence-electron chi connectivity index (χ0n) is 13.4. The molecular weight excluding hydrogens is 274 g/mol. The maximum absolute atomic E-state index is 3.63. The molecule has 0 radical (unpaired) electrons. The highest BCUT2D eigenvalue weighted by atomic mass is 32.2. The molecule has 0 aliphatic heterocycles. The van der Waals surface area contributed by atoms with E-state index in [1.807, 2.05) is 11.8 Å². The van der Waals surface area contributed by atoms with Gasteiger partial charge in [0.2, 0.25) is 0 Å². The fourth-order valence-electron chi connectivity index (χ4n) is 2.62. The number of hydrogen-bond donors (Lipinski definition) is 1. The van der Waals surface area contributed by atoms with Crippen molar-refractivity contribution in [2.45, 2.75) is 38.6 Å². The number of rotatable bonds is 6. The van der Waals surface area contributed by atoms with Crippen LogP contribution in [0.1, 0.15) is 42.1 Å². The smallest absolute Gasteiger partial charge is 0.0579 e. The van der Waals surface area contributed by atoms with E-state index in [1.54, 1.807) is 0 Å². The van der Waals surface area contributed by atoms with Gasteiger partial charge in [-0.05, 0) is 60.5 Å². The van der Waals surface area contributed by atoms with Crippen molar-refractivity contribution in [1.82, 2.24) is 5.32 Å². The Balaban J connectivity index is 2.36. The lowest BCUT2D eigenvalue weighted by Crippen LogP contribution is -2.23. The van der Waals surface area contributed by atoms with Crippen LogP contribution < -0.4 is 5.32 Å². The maximum atomic E-state index is 3.63. The van der Waals surface area contributed by atoms with Crippen LogP contribution in [0.5, 0.6) is 0 Å². The molecule has 0 aliphatic carbocycles. The largest absolute Gasteiger partial charge is 0.307 e. The summed E-state index contributed by atoms with van der Waals surface area (Å²) < 4.78 is 0. The van der Waals surface area contributed by atoms with Crippen LogP contribution >= 0.6 is 11.8 Å². The maximum Gasteiger partial charge on any atom is 0.0579 e. The third-order valence-corrected chi connectivity index (χ3v) is 4.78. The van der Waals surface area contributed by atoms with Gasteiger partial charge in [0.1, 0.15) is 0 Å². The molecule has 0 spiro atoms. The molecule has 0 heterocycles. The van der Waals surface area contributed by atoms with E-state index in [2.05, 4.69) is 75.5 Å². The van der Waals surface area contributed by atoms with E-state index in [1.165, 1.54) is 27.1 Å². The summed E-state index contributed by atoms with van der Waals surface area (Å²) in [5.41, 5.74) is 5.46. The molecule has 2 aromatic carbocycles. The van der Waals surface area contributed by atoms with Crippen LogP contribution in [0.4, 0.5) is 0 Å². The van der Waals surface area contributed by atoms with E-state index in [9.17, 15) is 0 Å². The molecule has 2 aromatic rings. The molecule has 0 saturated carbocycles. The van der Waals surface area contributed by atoms with Gasteiger partial charge in [-0.1, -0.05) is 44.2 Å². The van der Waals surface area contributed by atoms with Crippen molar-refractivity contribution in [1.29, 1.82) is 0 Å². The Kier molecular flexibility index (Phi) is 5.89. The predicted molar refractivity (Wildman–Crippen MR) is 94.3 cm³/mol. The van der Waals surface area contributed by atoms with Gasteiger partial charge in [0.15, 0.2) is 0 Å². The SMILES string of the molecule is CCNC(c1ccc(SCC)cc1)c1cccc(C)c1C. The van der Waals surface area contributed by atoms with Crippen LogP contribution in [0.25, 0.3) is 0 Å². The Bertz CT molecular complexity index is 575. The minimum atomic E-state index is 0.274. The van der Waals surface area contributed by atoms with Crippen molar-refractivity contribution in [3.8, 4) is 0 Å². The summed E-state index contributed by atoms with van der Waals surface area (Å²) in [5.74, 6) is 1.12. The molecule has 2 rings (SSSR count). The summed E-state index contributed by atoms with van der Waals surface area (Å²) in [6.07, 6.45) is 0. The zero-order valence-corrected chi connectivity index (χ0v) is 14.3. The highest BCUT2D eigenvalue weighted by Crippen LogP contribution is 2.28. The average molecular weight is 299 g/mol. The van der Waals surface area contributed by atoms with E-state index >= 15 is 0 Å². The first kappa shape index (κ1) is 16.1. The van der Waals surface area contributed by atoms with Gasteiger partial charge in [0.25, 0.3) is 0 Å². The van der Waals surface area contributed by atoms with Gasteiger partial charge in [0, 0.05) is 4.90 Å². The Morgan fingerprint density at radius 1 is 1.00 bits per heavy atom. The summed E-state index contributed by atoms with van der Waals surface area (Å²) in [5, 5.41) is 3.63. The molecule has 112 valence electrons. The molecule has 1 nitrogen and oxygen atoms in total. The lowest BCUT2D eigenvalue weighted by molar-refractivity contribution is 0.627. The van der Waals surface area contributed by atoms with E-state index < -0.39 is 0 Å². The fraction of sp³-hybridized carbons (Fsp3) is 0.368. The molecule has 0 aromatic heterocycles. The number of thioether (sulfide) groups is 1. The topological polar surface area (TPSA) is 12.0 Å². The van der Waals surface area contributed by atoms with Gasteiger partial charge < -0.3 is 5.32 Å². The van der Waals surface area contributed by atoms with Gasteiger partial charge in [-0.15, -0.1) is 11.8 Å². The first-order chi connectivity index (χ1) is 10.2. The second-order valence-electron chi connectivity index (χ2n) is 5.28. The molecule has 0 bridgehead atoms. The lowest BCUT2D eigenvalue weighted by atomic mass is 9.92. The molecular formula is C19H25NS. The summed E-state index contributed by atoms with van der Waals surface area (Å²) in [6, 6.07) is 15.8. The highest BCUT2D eigenvalue weighted by Gasteiger charge is 2.15. The standard InChI is InChI=1S/C19H25NS/c1-5-20-19(18-9-7-8-14(3)15(18)4)16-10-12-17(13-11-16)21-6-2/h7-13,19-20H,5-6H2,1-4H3. The van der Waals surface area contributed by atoms with Crippen molar-refractivity contribution >= 4 is 11.8 Å². The van der Waals surface area contributed by atoms with E-state index in [0.717, 1.165) is 12.3 Å². The summed E-state index contributed by atoms with van der Waals surface area (Å²) >= 11 is 1.89. The van der Waals surface area contributed by atoms with Gasteiger partial charge in [-0.2, -0.15) is 0 Å². The summed E-state index contributed by atoms with van der Waals surface area (Å²) in [6.45, 7) is 9.72. The van der Waals surface area contributed by atoms with E-state index in [0.29, 0.717) is 0 Å². The first-order valence-electron chi connectivity index (χ1n) is 7.69. The van der Waals surface area contributed by atoms with E-state index in [4.69, 9.17) is 0 Å². The van der Waals surface area contributed by atoms with Crippen LogP contribution in [0, 0.1) is 13.8 Å². The molecule has 1 unspecified atom stereocenters. The Labute approximate surface area is 133 Å². The molecule has 0 fully saturated rings. The van der Waals surface area contributed by atoms with Crippen LogP contribution in [0.15, 0.2) is 47.4 Å². The predicted octanol–water partition coefficient (Wildman–Crippen LogP) is 5.11. The van der Waals surface area contributed by atoms with Crippen molar-refractivity contribution in [3.63, 3.8) is 0 Å². The molecule has 0 saturated heterocycles. The minimum absolute atomic E-state index is 0.274. The molecule has 21 heavy (non-hydrogen) atoms. The van der Waals surface area contributed by atoms with Crippen molar-refractivity contribution in [2.75, 3.05) is 12.3 Å². The van der Waals surface area contributed by atoms with Gasteiger partial charge in [-0.3, -0.25) is 0 Å². The second-order valence-corrected chi connectivity index (χ2v) is 6.62. The number of hydrogen-bond acceptors (Lipinski definition) is 2. The average Bonchev–Trinajstić information content (AvgIpc) is 2.49. The minimum Gasteiger partial charge on any atom is -0.307 e. The Hall–Kier alpha value is -1.25. The fourth-order valence-corrected chi connectivity index (χ4v) is 3.28. The number of benzene rings is 2. The quantitative estimate of drug-likeness (QED) is 0.743. The van der Waals surface area contributed by atoms with Gasteiger partial charge in [0.05, 0.1) is 6.04 Å². The Morgan fingerprint density at radius 3 is 2.33 bits per heavy atom. The third kappa shape index (κ3) is 3.90. The monoisotopic (exact) mass is 299 g/mol. The molecule has 2 heteroatoms. The number of nitrogens with one attached hydrogen (secondary N) is 1. The van der Waals surface area contributed by atoms with E-state index in [-0.39, 0.29) is 6.04 Å². The van der Waals surface area contributed by atoms with Gasteiger partial charge >= 0.3 is 0 Å². The first-order valence-corrected chi connectivity index (χ1v) is 8.68. The summed E-state index contributed by atoms with van der Waals surface area (Å²) in [7, 11) is 0. The van der Waals surface area contributed by atoms with Crippen molar-refractivity contribution < 1.29 is 0 Å². The van der Waals surface area contributed by atoms with Crippen molar-refractivity contribution in [2.24, 2.45) is 0 Å². The number of aryl methyl sites for hydroxylation is 1. The molecule has 0 amide bonds.